The van der Waals surface area contributed by atoms with Gasteiger partial charge in [-0.05, 0) is 57.7 Å². The Morgan fingerprint density at radius 3 is 2.56 bits per heavy atom. The first-order chi connectivity index (χ1) is 13.1. The van der Waals surface area contributed by atoms with Crippen LogP contribution in [-0.4, -0.2) is 32.9 Å². The predicted molar refractivity (Wildman–Crippen MR) is 109 cm³/mol. The second-order valence-electron chi connectivity index (χ2n) is 5.71. The zero-order valence-corrected chi connectivity index (χ0v) is 17.2. The summed E-state index contributed by atoms with van der Waals surface area (Å²) in [5, 5.41) is 3.94. The van der Waals surface area contributed by atoms with E-state index in [1.807, 2.05) is 30.3 Å². The van der Waals surface area contributed by atoms with Gasteiger partial charge in [0.2, 0.25) is 0 Å². The number of hydrogen-bond acceptors (Lipinski definition) is 5. The van der Waals surface area contributed by atoms with E-state index >= 15 is 0 Å². The zero-order chi connectivity index (χ0) is 19.6. The van der Waals surface area contributed by atoms with Gasteiger partial charge in [-0.3, -0.25) is 4.79 Å². The maximum Gasteiger partial charge on any atom is 0.277 e. The normalized spacial score (nSPS) is 10.7. The highest BCUT2D eigenvalue weighted by atomic mass is 79.9. The van der Waals surface area contributed by atoms with E-state index in [0.717, 1.165) is 22.9 Å². The molecule has 0 bridgehead atoms. The minimum Gasteiger partial charge on any atom is -0.493 e. The molecule has 0 aliphatic carbocycles. The highest BCUT2D eigenvalue weighted by molar-refractivity contribution is 9.10. The van der Waals surface area contributed by atoms with Crippen molar-refractivity contribution in [1.82, 2.24) is 5.43 Å². The first-order valence-electron chi connectivity index (χ1n) is 8.52. The molecule has 7 heteroatoms. The van der Waals surface area contributed by atoms with E-state index in [1.54, 1.807) is 20.3 Å². The van der Waals surface area contributed by atoms with Crippen LogP contribution < -0.4 is 19.6 Å². The lowest BCUT2D eigenvalue weighted by molar-refractivity contribution is -0.123. The van der Waals surface area contributed by atoms with Gasteiger partial charge < -0.3 is 14.2 Å². The highest BCUT2D eigenvalue weighted by Crippen LogP contribution is 2.35. The van der Waals surface area contributed by atoms with Crippen LogP contribution in [0.5, 0.6) is 17.2 Å². The summed E-state index contributed by atoms with van der Waals surface area (Å²) in [6.45, 7) is 2.02. The number of nitrogens with one attached hydrogen (secondary N) is 1. The van der Waals surface area contributed by atoms with Crippen LogP contribution in [0.3, 0.4) is 0 Å². The summed E-state index contributed by atoms with van der Waals surface area (Å²) in [6, 6.07) is 11.3. The van der Waals surface area contributed by atoms with Crippen LogP contribution >= 0.6 is 15.9 Å². The Morgan fingerprint density at radius 2 is 1.93 bits per heavy atom. The van der Waals surface area contributed by atoms with E-state index in [1.165, 1.54) is 11.8 Å². The van der Waals surface area contributed by atoms with Crippen molar-refractivity contribution in [3.05, 3.63) is 52.0 Å². The fourth-order valence-electron chi connectivity index (χ4n) is 2.41. The number of hydrazone groups is 1. The molecule has 6 nitrogen and oxygen atoms in total. The van der Waals surface area contributed by atoms with Gasteiger partial charge in [0.1, 0.15) is 5.75 Å². The molecule has 1 N–H and O–H groups in total. The number of amides is 1. The van der Waals surface area contributed by atoms with Crippen molar-refractivity contribution in [2.45, 2.75) is 19.8 Å². The molecule has 0 heterocycles. The van der Waals surface area contributed by atoms with E-state index in [-0.39, 0.29) is 12.5 Å². The molecule has 0 saturated heterocycles. The Hall–Kier alpha value is -2.54. The average Bonchev–Trinajstić information content (AvgIpc) is 2.67. The standard InChI is InChI=1S/C20H23BrN2O4/c1-4-5-14-6-8-16(9-7-14)27-13-19(24)23-22-12-15-10-17(21)20(26-3)18(11-15)25-2/h6-12H,4-5,13H2,1-3H3,(H,23,24)/b22-12+. The van der Waals surface area contributed by atoms with E-state index in [0.29, 0.717) is 17.2 Å². The molecule has 0 radical (unpaired) electrons. The second kappa shape index (κ2) is 10.6. The summed E-state index contributed by atoms with van der Waals surface area (Å²) in [7, 11) is 3.12. The number of halogens is 1. The van der Waals surface area contributed by atoms with E-state index in [2.05, 4.69) is 33.4 Å². The van der Waals surface area contributed by atoms with Crippen molar-refractivity contribution >= 4 is 28.1 Å². The third kappa shape index (κ3) is 6.29. The van der Waals surface area contributed by atoms with Crippen LogP contribution in [0, 0.1) is 0 Å². The zero-order valence-electron chi connectivity index (χ0n) is 15.6. The number of nitrogens with zero attached hydrogens (tertiary/aromatic N) is 1. The molecule has 0 aromatic heterocycles. The van der Waals surface area contributed by atoms with Crippen molar-refractivity contribution in [1.29, 1.82) is 0 Å². The van der Waals surface area contributed by atoms with Gasteiger partial charge in [0.05, 0.1) is 24.9 Å². The minimum atomic E-state index is -0.344. The summed E-state index contributed by atoms with van der Waals surface area (Å²) in [4.78, 5) is 11.9. The lowest BCUT2D eigenvalue weighted by atomic mass is 10.1. The average molecular weight is 435 g/mol. The minimum absolute atomic E-state index is 0.111. The molecule has 1 amide bonds. The second-order valence-corrected chi connectivity index (χ2v) is 6.57. The molecule has 2 aromatic rings. The lowest BCUT2D eigenvalue weighted by Crippen LogP contribution is -2.24. The third-order valence-electron chi connectivity index (χ3n) is 3.69. The lowest BCUT2D eigenvalue weighted by Gasteiger charge is -2.10. The Morgan fingerprint density at radius 1 is 1.19 bits per heavy atom. The summed E-state index contributed by atoms with van der Waals surface area (Å²) in [6.07, 6.45) is 3.64. The molecule has 0 fully saturated rings. The number of carbonyl (C=O) groups excluding carboxylic acids is 1. The quantitative estimate of drug-likeness (QED) is 0.479. The first kappa shape index (κ1) is 20.8. The van der Waals surface area contributed by atoms with E-state index in [4.69, 9.17) is 14.2 Å². The fraction of sp³-hybridized carbons (Fsp3) is 0.300. The number of carbonyl (C=O) groups is 1. The summed E-state index contributed by atoms with van der Waals surface area (Å²) >= 11 is 3.41. The molecule has 0 unspecified atom stereocenters. The van der Waals surface area contributed by atoms with Crippen molar-refractivity contribution in [2.75, 3.05) is 20.8 Å². The Balaban J connectivity index is 1.87. The number of ether oxygens (including phenoxy) is 3. The monoisotopic (exact) mass is 434 g/mol. The molecule has 2 aromatic carbocycles. The van der Waals surface area contributed by atoms with Crippen LogP contribution in [0.15, 0.2) is 46.0 Å². The molecular weight excluding hydrogens is 412 g/mol. The fourth-order valence-corrected chi connectivity index (χ4v) is 3.03. The largest absolute Gasteiger partial charge is 0.493 e. The van der Waals surface area contributed by atoms with Crippen molar-refractivity contribution in [3.63, 3.8) is 0 Å². The molecule has 2 rings (SSSR count). The molecule has 0 aliphatic heterocycles. The molecule has 144 valence electrons. The van der Waals surface area contributed by atoms with Gasteiger partial charge in [-0.25, -0.2) is 5.43 Å². The molecule has 0 spiro atoms. The van der Waals surface area contributed by atoms with Crippen LogP contribution in [0.2, 0.25) is 0 Å². The van der Waals surface area contributed by atoms with Gasteiger partial charge >= 0.3 is 0 Å². The first-order valence-corrected chi connectivity index (χ1v) is 9.31. The number of rotatable bonds is 9. The SMILES string of the molecule is CCCc1ccc(OCC(=O)N/N=C/c2cc(Br)c(OC)c(OC)c2)cc1. The molecule has 0 atom stereocenters. The van der Waals surface area contributed by atoms with Gasteiger partial charge in [0, 0.05) is 0 Å². The van der Waals surface area contributed by atoms with E-state index < -0.39 is 0 Å². The Kier molecular flexibility index (Phi) is 8.13. The van der Waals surface area contributed by atoms with Crippen molar-refractivity contribution < 1.29 is 19.0 Å². The molecule has 27 heavy (non-hydrogen) atoms. The molecule has 0 saturated carbocycles. The van der Waals surface area contributed by atoms with Gasteiger partial charge in [-0.2, -0.15) is 5.10 Å². The molecule has 0 aliphatic rings. The number of benzene rings is 2. The highest BCUT2D eigenvalue weighted by Gasteiger charge is 2.09. The van der Waals surface area contributed by atoms with Gasteiger partial charge in [0.25, 0.3) is 5.91 Å². The third-order valence-corrected chi connectivity index (χ3v) is 4.28. The van der Waals surface area contributed by atoms with Crippen LogP contribution in [-0.2, 0) is 11.2 Å². The summed E-state index contributed by atoms with van der Waals surface area (Å²) in [5.41, 5.74) is 4.43. The van der Waals surface area contributed by atoms with Crippen molar-refractivity contribution in [2.24, 2.45) is 5.10 Å². The van der Waals surface area contributed by atoms with Crippen LogP contribution in [0.1, 0.15) is 24.5 Å². The maximum absolute atomic E-state index is 11.9. The number of hydrogen-bond donors (Lipinski definition) is 1. The Labute approximate surface area is 167 Å². The number of aryl methyl sites for hydroxylation is 1. The topological polar surface area (TPSA) is 69.2 Å². The smallest absolute Gasteiger partial charge is 0.277 e. The maximum atomic E-state index is 11.9. The van der Waals surface area contributed by atoms with E-state index in [9.17, 15) is 4.79 Å². The van der Waals surface area contributed by atoms with Crippen LogP contribution in [0.4, 0.5) is 0 Å². The summed E-state index contributed by atoms with van der Waals surface area (Å²) < 4.78 is 16.7. The van der Waals surface area contributed by atoms with Gasteiger partial charge in [0.15, 0.2) is 18.1 Å². The van der Waals surface area contributed by atoms with Crippen molar-refractivity contribution in [3.8, 4) is 17.2 Å². The van der Waals surface area contributed by atoms with Gasteiger partial charge in [-0.15, -0.1) is 0 Å². The van der Waals surface area contributed by atoms with Gasteiger partial charge in [-0.1, -0.05) is 25.5 Å². The molecular formula is C20H23BrN2O4. The Bertz CT molecular complexity index is 791. The predicted octanol–water partition coefficient (Wildman–Crippen LogP) is 3.95. The summed E-state index contributed by atoms with van der Waals surface area (Å²) in [5.74, 6) is 1.47. The van der Waals surface area contributed by atoms with Crippen LogP contribution in [0.25, 0.3) is 0 Å². The number of methoxy groups -OCH3 is 2.